The molecule has 0 bridgehead atoms. The van der Waals surface area contributed by atoms with E-state index in [2.05, 4.69) is 51.4 Å². The molecular weight excluding hydrogens is 390 g/mol. The standard InChI is InChI=1S/C30H57NO/c1-6-9-12-15-17-27(4)20-21-28(5)32-30-22-24-31(25-23-30)26-29(18-14-11-8-3)19-16-13-10-7-2/h27-30H,6-19,22-26H2,1-5H3/t27?,28-,29?/m1/s1. The van der Waals surface area contributed by atoms with Crippen LogP contribution in [0.1, 0.15) is 137 Å². The number of unbranched alkanes of at least 4 members (excludes halogenated alkanes) is 8. The lowest BCUT2D eigenvalue weighted by Gasteiger charge is -2.35. The van der Waals surface area contributed by atoms with Crippen molar-refractivity contribution in [3.8, 4) is 11.8 Å². The molecule has 32 heavy (non-hydrogen) atoms. The molecule has 1 rings (SSSR count). The van der Waals surface area contributed by atoms with Gasteiger partial charge in [-0.05, 0) is 44.9 Å². The first kappa shape index (κ1) is 29.5. The number of rotatable bonds is 18. The Labute approximate surface area is 202 Å². The molecule has 0 aromatic rings. The molecule has 0 aromatic heterocycles. The van der Waals surface area contributed by atoms with E-state index < -0.39 is 0 Å². The lowest BCUT2D eigenvalue weighted by molar-refractivity contribution is -0.0146. The molecule has 0 aromatic carbocycles. The summed E-state index contributed by atoms with van der Waals surface area (Å²) in [5.74, 6) is 8.25. The van der Waals surface area contributed by atoms with Crippen LogP contribution in [0.5, 0.6) is 0 Å². The van der Waals surface area contributed by atoms with Crippen LogP contribution in [0.2, 0.25) is 0 Å². The Kier molecular flexibility index (Phi) is 18.4. The van der Waals surface area contributed by atoms with Gasteiger partial charge in [0.25, 0.3) is 0 Å². The summed E-state index contributed by atoms with van der Waals surface area (Å²) in [7, 11) is 0. The summed E-state index contributed by atoms with van der Waals surface area (Å²) in [6.45, 7) is 15.0. The van der Waals surface area contributed by atoms with Crippen LogP contribution in [0.15, 0.2) is 0 Å². The Balaban J connectivity index is 2.30. The van der Waals surface area contributed by atoms with Crippen molar-refractivity contribution in [3.63, 3.8) is 0 Å². The summed E-state index contributed by atoms with van der Waals surface area (Å²) in [6.07, 6.45) is 22.0. The zero-order chi connectivity index (χ0) is 23.4. The topological polar surface area (TPSA) is 12.5 Å². The van der Waals surface area contributed by atoms with Gasteiger partial charge in [-0.1, -0.05) is 110 Å². The van der Waals surface area contributed by atoms with Gasteiger partial charge in [-0.3, -0.25) is 0 Å². The quantitative estimate of drug-likeness (QED) is 0.154. The first-order valence-electron chi connectivity index (χ1n) is 14.5. The molecule has 2 unspecified atom stereocenters. The molecule has 1 heterocycles. The Morgan fingerprint density at radius 1 is 0.719 bits per heavy atom. The van der Waals surface area contributed by atoms with Crippen molar-refractivity contribution < 1.29 is 4.74 Å². The Morgan fingerprint density at radius 2 is 1.25 bits per heavy atom. The molecule has 1 aliphatic heterocycles. The van der Waals surface area contributed by atoms with Crippen molar-refractivity contribution in [3.05, 3.63) is 0 Å². The molecule has 2 nitrogen and oxygen atoms in total. The van der Waals surface area contributed by atoms with Gasteiger partial charge in [0.1, 0.15) is 6.10 Å². The summed E-state index contributed by atoms with van der Waals surface area (Å²) >= 11 is 0. The molecule has 0 radical (unpaired) electrons. The second-order valence-corrected chi connectivity index (χ2v) is 10.5. The minimum atomic E-state index is 0.0741. The first-order valence-corrected chi connectivity index (χ1v) is 14.5. The molecule has 0 spiro atoms. The lowest BCUT2D eigenvalue weighted by Crippen LogP contribution is -2.40. The second-order valence-electron chi connectivity index (χ2n) is 10.5. The van der Waals surface area contributed by atoms with Crippen molar-refractivity contribution in [2.24, 2.45) is 11.8 Å². The predicted octanol–water partition coefficient (Wildman–Crippen LogP) is 8.63. The van der Waals surface area contributed by atoms with Gasteiger partial charge < -0.3 is 9.64 Å². The molecule has 0 N–H and O–H groups in total. The molecule has 3 atom stereocenters. The van der Waals surface area contributed by atoms with Gasteiger partial charge in [0, 0.05) is 25.6 Å². The molecule has 0 aliphatic carbocycles. The fourth-order valence-corrected chi connectivity index (χ4v) is 4.99. The average molecular weight is 448 g/mol. The van der Waals surface area contributed by atoms with E-state index in [1.165, 1.54) is 122 Å². The van der Waals surface area contributed by atoms with E-state index in [-0.39, 0.29) is 6.10 Å². The van der Waals surface area contributed by atoms with Crippen molar-refractivity contribution in [1.29, 1.82) is 0 Å². The summed E-state index contributed by atoms with van der Waals surface area (Å²) < 4.78 is 6.31. The maximum absolute atomic E-state index is 6.31. The molecule has 0 amide bonds. The van der Waals surface area contributed by atoms with Crippen LogP contribution in [-0.4, -0.2) is 36.7 Å². The van der Waals surface area contributed by atoms with E-state index in [9.17, 15) is 0 Å². The van der Waals surface area contributed by atoms with Crippen LogP contribution in [0.4, 0.5) is 0 Å². The van der Waals surface area contributed by atoms with Crippen molar-refractivity contribution >= 4 is 0 Å². The number of hydrogen-bond donors (Lipinski definition) is 0. The second kappa shape index (κ2) is 19.9. The van der Waals surface area contributed by atoms with Crippen LogP contribution in [0.3, 0.4) is 0 Å². The zero-order valence-electron chi connectivity index (χ0n) is 22.6. The molecule has 188 valence electrons. The highest BCUT2D eigenvalue weighted by atomic mass is 16.5. The largest absolute Gasteiger partial charge is 0.362 e. The van der Waals surface area contributed by atoms with Crippen LogP contribution in [-0.2, 0) is 4.74 Å². The Bertz CT molecular complexity index is 471. The van der Waals surface area contributed by atoms with Gasteiger partial charge in [0.15, 0.2) is 0 Å². The predicted molar refractivity (Wildman–Crippen MR) is 142 cm³/mol. The SMILES string of the molecule is CCCCCCC(C)C#C[C@@H](C)OC1CCN(CC(CCCCC)CCCCCC)CC1. The first-order chi connectivity index (χ1) is 15.6. The van der Waals surface area contributed by atoms with Crippen LogP contribution < -0.4 is 0 Å². The summed E-state index contributed by atoms with van der Waals surface area (Å²) in [4.78, 5) is 2.73. The van der Waals surface area contributed by atoms with Crippen molar-refractivity contribution in [2.75, 3.05) is 19.6 Å². The monoisotopic (exact) mass is 447 g/mol. The van der Waals surface area contributed by atoms with E-state index in [4.69, 9.17) is 4.74 Å². The third-order valence-electron chi connectivity index (χ3n) is 7.15. The maximum atomic E-state index is 6.31. The van der Waals surface area contributed by atoms with Crippen molar-refractivity contribution in [1.82, 2.24) is 4.90 Å². The zero-order valence-corrected chi connectivity index (χ0v) is 22.6. The highest BCUT2D eigenvalue weighted by molar-refractivity contribution is 5.06. The van der Waals surface area contributed by atoms with E-state index >= 15 is 0 Å². The van der Waals surface area contributed by atoms with E-state index in [0.717, 1.165) is 5.92 Å². The molecular formula is C30H57NO. The summed E-state index contributed by atoms with van der Waals surface area (Å²) in [6, 6.07) is 0. The average Bonchev–Trinajstić information content (AvgIpc) is 2.79. The minimum absolute atomic E-state index is 0.0741. The third-order valence-corrected chi connectivity index (χ3v) is 7.15. The Morgan fingerprint density at radius 3 is 1.84 bits per heavy atom. The van der Waals surface area contributed by atoms with E-state index in [1.807, 2.05) is 0 Å². The number of nitrogens with zero attached hydrogens (tertiary/aromatic N) is 1. The van der Waals surface area contributed by atoms with Crippen molar-refractivity contribution in [2.45, 2.75) is 150 Å². The lowest BCUT2D eigenvalue weighted by atomic mass is 9.93. The van der Waals surface area contributed by atoms with Crippen LogP contribution in [0, 0.1) is 23.7 Å². The fraction of sp³-hybridized carbons (Fsp3) is 0.933. The smallest absolute Gasteiger partial charge is 0.115 e. The summed E-state index contributed by atoms with van der Waals surface area (Å²) in [5, 5.41) is 0. The van der Waals surface area contributed by atoms with E-state index in [1.54, 1.807) is 0 Å². The molecule has 1 saturated heterocycles. The van der Waals surface area contributed by atoms with Gasteiger partial charge >= 0.3 is 0 Å². The molecule has 1 fully saturated rings. The number of likely N-dealkylation sites (tertiary alicyclic amines) is 1. The third kappa shape index (κ3) is 15.3. The number of ether oxygens (including phenoxy) is 1. The van der Waals surface area contributed by atoms with Gasteiger partial charge in [-0.2, -0.15) is 0 Å². The van der Waals surface area contributed by atoms with Crippen LogP contribution >= 0.6 is 0 Å². The molecule has 1 aliphatic rings. The number of piperidine rings is 1. The Hall–Kier alpha value is -0.520. The normalized spacial score (nSPS) is 18.2. The van der Waals surface area contributed by atoms with Gasteiger partial charge in [-0.15, -0.1) is 0 Å². The maximum Gasteiger partial charge on any atom is 0.115 e. The highest BCUT2D eigenvalue weighted by Crippen LogP contribution is 2.22. The van der Waals surface area contributed by atoms with Gasteiger partial charge in [0.05, 0.1) is 6.10 Å². The molecule has 2 heteroatoms. The summed E-state index contributed by atoms with van der Waals surface area (Å²) in [5.41, 5.74) is 0. The number of hydrogen-bond acceptors (Lipinski definition) is 2. The van der Waals surface area contributed by atoms with Crippen LogP contribution in [0.25, 0.3) is 0 Å². The van der Waals surface area contributed by atoms with E-state index in [0.29, 0.717) is 12.0 Å². The minimum Gasteiger partial charge on any atom is -0.362 e. The molecule has 0 saturated carbocycles. The van der Waals surface area contributed by atoms with Gasteiger partial charge in [0.2, 0.25) is 0 Å². The highest BCUT2D eigenvalue weighted by Gasteiger charge is 2.23. The van der Waals surface area contributed by atoms with Gasteiger partial charge in [-0.25, -0.2) is 0 Å². The fourth-order valence-electron chi connectivity index (χ4n) is 4.99.